The summed E-state index contributed by atoms with van der Waals surface area (Å²) in [6.07, 6.45) is 0. The number of carbonyl (C=O) groups excluding carboxylic acids is 2. The van der Waals surface area contributed by atoms with Crippen LogP contribution in [0.25, 0.3) is 0 Å². The third-order valence-corrected chi connectivity index (χ3v) is 3.76. The van der Waals surface area contributed by atoms with Crippen LogP contribution in [0, 0.1) is 6.92 Å². The Morgan fingerprint density at radius 3 is 2.46 bits per heavy atom. The Hall–Kier alpha value is -2.82. The molecule has 1 amide bonds. The van der Waals surface area contributed by atoms with E-state index >= 15 is 0 Å². The van der Waals surface area contributed by atoms with Crippen LogP contribution in [0.3, 0.4) is 0 Å². The average Bonchev–Trinajstić information content (AvgIpc) is 2.60. The number of nitrogens with one attached hydrogen (secondary N) is 2. The summed E-state index contributed by atoms with van der Waals surface area (Å²) >= 11 is 0. The number of hydrogen-bond donors (Lipinski definition) is 2. The van der Waals surface area contributed by atoms with Crippen molar-refractivity contribution in [3.8, 4) is 0 Å². The van der Waals surface area contributed by atoms with E-state index in [1.54, 1.807) is 18.2 Å². The Kier molecular flexibility index (Phi) is 5.95. The van der Waals surface area contributed by atoms with Crippen LogP contribution >= 0.6 is 0 Å². The summed E-state index contributed by atoms with van der Waals surface area (Å²) in [4.78, 5) is 23.6. The van der Waals surface area contributed by atoms with Gasteiger partial charge in [-0.1, -0.05) is 30.3 Å². The van der Waals surface area contributed by atoms with Gasteiger partial charge in [0.15, 0.2) is 0 Å². The molecule has 1 atom stereocenters. The second-order valence-electron chi connectivity index (χ2n) is 5.57. The van der Waals surface area contributed by atoms with Crippen molar-refractivity contribution in [3.05, 3.63) is 65.2 Å². The lowest BCUT2D eigenvalue weighted by molar-refractivity contribution is -0.120. The second-order valence-corrected chi connectivity index (χ2v) is 5.57. The van der Waals surface area contributed by atoms with Crippen LogP contribution in [0.5, 0.6) is 0 Å². The highest BCUT2D eigenvalue weighted by molar-refractivity contribution is 5.90. The predicted molar refractivity (Wildman–Crippen MR) is 94.0 cm³/mol. The third kappa shape index (κ3) is 4.59. The van der Waals surface area contributed by atoms with Gasteiger partial charge >= 0.3 is 5.97 Å². The lowest BCUT2D eigenvalue weighted by atomic mass is 10.1. The van der Waals surface area contributed by atoms with E-state index in [-0.39, 0.29) is 24.5 Å². The molecule has 2 rings (SSSR count). The molecule has 0 spiro atoms. The molecule has 5 nitrogen and oxygen atoms in total. The monoisotopic (exact) mass is 326 g/mol. The molecule has 0 aliphatic carbocycles. The van der Waals surface area contributed by atoms with Crippen molar-refractivity contribution in [1.29, 1.82) is 0 Å². The summed E-state index contributed by atoms with van der Waals surface area (Å²) < 4.78 is 4.69. The molecule has 0 aliphatic rings. The first-order chi connectivity index (χ1) is 11.5. The summed E-state index contributed by atoms with van der Waals surface area (Å²) in [6.45, 7) is 3.98. The molecule has 0 fully saturated rings. The largest absolute Gasteiger partial charge is 0.465 e. The molecule has 0 saturated carbocycles. The number of hydrogen-bond acceptors (Lipinski definition) is 4. The molecule has 0 aromatic heterocycles. The Bertz CT molecular complexity index is 714. The Morgan fingerprint density at radius 2 is 1.83 bits per heavy atom. The molecule has 2 N–H and O–H groups in total. The van der Waals surface area contributed by atoms with Gasteiger partial charge in [0.05, 0.1) is 25.3 Å². The number of esters is 1. The molecular formula is C19H22N2O3. The number of anilines is 1. The Labute approximate surface area is 142 Å². The molecule has 5 heteroatoms. The molecule has 0 heterocycles. The van der Waals surface area contributed by atoms with Gasteiger partial charge in [-0.25, -0.2) is 4.79 Å². The topological polar surface area (TPSA) is 67.4 Å². The van der Waals surface area contributed by atoms with Crippen molar-refractivity contribution in [3.63, 3.8) is 0 Å². The summed E-state index contributed by atoms with van der Waals surface area (Å²) in [5.74, 6) is -0.470. The minimum atomic E-state index is -0.376. The van der Waals surface area contributed by atoms with Crippen LogP contribution in [0.1, 0.15) is 34.5 Å². The molecular weight excluding hydrogens is 304 g/mol. The zero-order chi connectivity index (χ0) is 17.5. The predicted octanol–water partition coefficient (Wildman–Crippen LogP) is 3.07. The quantitative estimate of drug-likeness (QED) is 0.801. The summed E-state index contributed by atoms with van der Waals surface area (Å²) in [7, 11) is 1.35. The first-order valence-electron chi connectivity index (χ1n) is 7.78. The number of ether oxygens (including phenoxy) is 1. The number of rotatable bonds is 6. The van der Waals surface area contributed by atoms with Crippen LogP contribution in [0.2, 0.25) is 0 Å². The maximum Gasteiger partial charge on any atom is 0.337 e. The van der Waals surface area contributed by atoms with E-state index in [1.165, 1.54) is 7.11 Å². The molecule has 2 aromatic carbocycles. The van der Waals surface area contributed by atoms with Crippen LogP contribution in [0.4, 0.5) is 5.69 Å². The van der Waals surface area contributed by atoms with Gasteiger partial charge in [-0.3, -0.25) is 4.79 Å². The molecule has 0 radical (unpaired) electrons. The molecule has 126 valence electrons. The average molecular weight is 326 g/mol. The van der Waals surface area contributed by atoms with Crippen molar-refractivity contribution in [2.24, 2.45) is 0 Å². The highest BCUT2D eigenvalue weighted by Gasteiger charge is 2.11. The molecule has 2 aromatic rings. The first-order valence-corrected chi connectivity index (χ1v) is 7.78. The standard InChI is InChI=1S/C19H22N2O3/c1-13-11-16(19(23)24-3)9-10-17(13)20-12-18(22)21-14(2)15-7-5-4-6-8-15/h4-11,14,20H,12H2,1-3H3,(H,21,22)/t14-/m1/s1. The maximum atomic E-state index is 12.1. The lowest BCUT2D eigenvalue weighted by Crippen LogP contribution is -2.32. The van der Waals surface area contributed by atoms with Gasteiger partial charge in [-0.2, -0.15) is 0 Å². The molecule has 24 heavy (non-hydrogen) atoms. The number of aryl methyl sites for hydroxylation is 1. The van der Waals surface area contributed by atoms with E-state index in [0.717, 1.165) is 16.8 Å². The van der Waals surface area contributed by atoms with Gasteiger partial charge in [-0.05, 0) is 43.2 Å². The van der Waals surface area contributed by atoms with Crippen LogP contribution in [-0.4, -0.2) is 25.5 Å². The number of amides is 1. The Balaban J connectivity index is 1.91. The van der Waals surface area contributed by atoms with Gasteiger partial charge < -0.3 is 15.4 Å². The zero-order valence-corrected chi connectivity index (χ0v) is 14.1. The minimum absolute atomic E-state index is 0.0525. The van der Waals surface area contributed by atoms with Crippen molar-refractivity contribution < 1.29 is 14.3 Å². The van der Waals surface area contributed by atoms with Gasteiger partial charge in [0.1, 0.15) is 0 Å². The number of methoxy groups -OCH3 is 1. The van der Waals surface area contributed by atoms with E-state index < -0.39 is 0 Å². The number of benzene rings is 2. The fraction of sp³-hybridized carbons (Fsp3) is 0.263. The van der Waals surface area contributed by atoms with Crippen molar-refractivity contribution >= 4 is 17.6 Å². The maximum absolute atomic E-state index is 12.1. The van der Waals surface area contributed by atoms with Gasteiger partial charge in [-0.15, -0.1) is 0 Å². The zero-order valence-electron chi connectivity index (χ0n) is 14.1. The smallest absolute Gasteiger partial charge is 0.337 e. The first kappa shape index (κ1) is 17.5. The molecule has 0 bridgehead atoms. The van der Waals surface area contributed by atoms with Crippen LogP contribution in [-0.2, 0) is 9.53 Å². The van der Waals surface area contributed by atoms with E-state index in [4.69, 9.17) is 4.74 Å². The second kappa shape index (κ2) is 8.15. The van der Waals surface area contributed by atoms with Crippen LogP contribution in [0.15, 0.2) is 48.5 Å². The van der Waals surface area contributed by atoms with Crippen LogP contribution < -0.4 is 10.6 Å². The van der Waals surface area contributed by atoms with Crippen molar-refractivity contribution in [2.45, 2.75) is 19.9 Å². The Morgan fingerprint density at radius 1 is 1.12 bits per heavy atom. The van der Waals surface area contributed by atoms with Gasteiger partial charge in [0.2, 0.25) is 5.91 Å². The van der Waals surface area contributed by atoms with E-state index in [0.29, 0.717) is 5.56 Å². The molecule has 0 saturated heterocycles. The SMILES string of the molecule is COC(=O)c1ccc(NCC(=O)N[C@H](C)c2ccccc2)c(C)c1. The van der Waals surface area contributed by atoms with Gasteiger partial charge in [0.25, 0.3) is 0 Å². The highest BCUT2D eigenvalue weighted by atomic mass is 16.5. The van der Waals surface area contributed by atoms with E-state index in [2.05, 4.69) is 10.6 Å². The minimum Gasteiger partial charge on any atom is -0.465 e. The van der Waals surface area contributed by atoms with Crippen molar-refractivity contribution in [1.82, 2.24) is 5.32 Å². The normalized spacial score (nSPS) is 11.5. The van der Waals surface area contributed by atoms with E-state index in [9.17, 15) is 9.59 Å². The fourth-order valence-corrected chi connectivity index (χ4v) is 2.40. The summed E-state index contributed by atoms with van der Waals surface area (Å²) in [5.41, 5.74) is 3.24. The summed E-state index contributed by atoms with van der Waals surface area (Å²) in [6, 6.07) is 14.9. The fourth-order valence-electron chi connectivity index (χ4n) is 2.40. The number of carbonyl (C=O) groups is 2. The third-order valence-electron chi connectivity index (χ3n) is 3.76. The van der Waals surface area contributed by atoms with E-state index in [1.807, 2.05) is 44.2 Å². The van der Waals surface area contributed by atoms with Crippen molar-refractivity contribution in [2.75, 3.05) is 19.0 Å². The summed E-state index contributed by atoms with van der Waals surface area (Å²) in [5, 5.41) is 6.04. The lowest BCUT2D eigenvalue weighted by Gasteiger charge is -2.15. The molecule has 0 aliphatic heterocycles. The molecule has 0 unspecified atom stereocenters. The highest BCUT2D eigenvalue weighted by Crippen LogP contribution is 2.17. The van der Waals surface area contributed by atoms with Gasteiger partial charge in [0, 0.05) is 5.69 Å².